The van der Waals surface area contributed by atoms with Gasteiger partial charge in [0.2, 0.25) is 0 Å². The van der Waals surface area contributed by atoms with Crippen LogP contribution in [0.2, 0.25) is 5.02 Å². The van der Waals surface area contributed by atoms with E-state index in [1.165, 1.54) is 11.0 Å². The molecule has 1 aliphatic heterocycles. The number of hydrogen-bond donors (Lipinski definition) is 0. The first-order valence-corrected chi connectivity index (χ1v) is 9.06. The summed E-state index contributed by atoms with van der Waals surface area (Å²) in [6.45, 7) is 6.31. The Morgan fingerprint density at radius 2 is 2.04 bits per heavy atom. The predicted molar refractivity (Wildman–Crippen MR) is 97.4 cm³/mol. The highest BCUT2D eigenvalue weighted by atomic mass is 79.9. The molecule has 0 radical (unpaired) electrons. The highest BCUT2D eigenvalue weighted by molar-refractivity contribution is 9.10. The average molecular weight is 436 g/mol. The van der Waals surface area contributed by atoms with Gasteiger partial charge < -0.3 is 14.5 Å². The first kappa shape index (κ1) is 20.0. The van der Waals surface area contributed by atoms with Crippen LogP contribution in [0, 0.1) is 5.82 Å². The number of likely N-dealkylation sites (N-methyl/N-ethyl adjacent to an activating group) is 1. The lowest BCUT2D eigenvalue weighted by atomic mass is 10.1. The number of benzene rings is 1. The van der Waals surface area contributed by atoms with Gasteiger partial charge in [-0.15, -0.1) is 0 Å². The van der Waals surface area contributed by atoms with Crippen LogP contribution in [0.3, 0.4) is 0 Å². The summed E-state index contributed by atoms with van der Waals surface area (Å²) in [5.41, 5.74) is -0.365. The van der Waals surface area contributed by atoms with E-state index in [9.17, 15) is 14.0 Å². The Hall–Kier alpha value is -1.34. The minimum atomic E-state index is -0.658. The van der Waals surface area contributed by atoms with E-state index in [0.29, 0.717) is 24.0 Å². The van der Waals surface area contributed by atoms with Crippen molar-refractivity contribution in [2.24, 2.45) is 0 Å². The van der Waals surface area contributed by atoms with Crippen molar-refractivity contribution in [1.29, 1.82) is 0 Å². The Morgan fingerprint density at radius 3 is 2.60 bits per heavy atom. The van der Waals surface area contributed by atoms with Crippen LogP contribution in [0.15, 0.2) is 16.6 Å². The zero-order chi connectivity index (χ0) is 18.9. The SMILES string of the molecule is CN(C(=O)c1cc(F)c(Cl)c(Br)c1)[C@H]1CCN(C(=O)OC(C)(C)C)C1. The molecule has 0 saturated carbocycles. The van der Waals surface area contributed by atoms with Gasteiger partial charge in [-0.1, -0.05) is 11.6 Å². The molecule has 138 valence electrons. The van der Waals surface area contributed by atoms with Gasteiger partial charge in [0.05, 0.1) is 11.1 Å². The standard InChI is InChI=1S/C17H21BrClFN2O3/c1-17(2,3)25-16(24)22-6-5-11(9-22)21(4)15(23)10-7-12(18)14(19)13(20)8-10/h7-8,11H,5-6,9H2,1-4H3/t11-/m0/s1. The summed E-state index contributed by atoms with van der Waals surface area (Å²) in [6.07, 6.45) is 0.245. The molecule has 0 aromatic heterocycles. The summed E-state index contributed by atoms with van der Waals surface area (Å²) in [6, 6.07) is 2.45. The second-order valence-electron chi connectivity index (χ2n) is 7.04. The summed E-state index contributed by atoms with van der Waals surface area (Å²) < 4.78 is 19.4. The van der Waals surface area contributed by atoms with E-state index in [0.717, 1.165) is 6.07 Å². The zero-order valence-electron chi connectivity index (χ0n) is 14.6. The van der Waals surface area contributed by atoms with Gasteiger partial charge in [0.25, 0.3) is 5.91 Å². The van der Waals surface area contributed by atoms with Crippen molar-refractivity contribution < 1.29 is 18.7 Å². The molecule has 2 rings (SSSR count). The number of ether oxygens (including phenoxy) is 1. The van der Waals surface area contributed by atoms with Gasteiger partial charge in [-0.25, -0.2) is 9.18 Å². The topological polar surface area (TPSA) is 49.9 Å². The highest BCUT2D eigenvalue weighted by Gasteiger charge is 2.33. The molecule has 8 heteroatoms. The third-order valence-corrected chi connectivity index (χ3v) is 5.15. The molecule has 2 amide bonds. The fraction of sp³-hybridized carbons (Fsp3) is 0.529. The van der Waals surface area contributed by atoms with E-state index in [1.54, 1.807) is 32.7 Å². The van der Waals surface area contributed by atoms with E-state index in [4.69, 9.17) is 16.3 Å². The van der Waals surface area contributed by atoms with Crippen LogP contribution in [0.1, 0.15) is 37.6 Å². The van der Waals surface area contributed by atoms with Crippen LogP contribution in [0.4, 0.5) is 9.18 Å². The third kappa shape index (κ3) is 4.85. The molecule has 1 aliphatic rings. The van der Waals surface area contributed by atoms with Crippen molar-refractivity contribution in [3.8, 4) is 0 Å². The second kappa shape index (κ2) is 7.50. The molecule has 25 heavy (non-hydrogen) atoms. The average Bonchev–Trinajstić information content (AvgIpc) is 2.99. The maximum absolute atomic E-state index is 13.8. The number of hydrogen-bond acceptors (Lipinski definition) is 3. The summed E-state index contributed by atoms with van der Waals surface area (Å²) in [5, 5.41) is -0.0591. The van der Waals surface area contributed by atoms with Crippen molar-refractivity contribution in [3.63, 3.8) is 0 Å². The second-order valence-corrected chi connectivity index (χ2v) is 8.27. The normalized spacial score (nSPS) is 17.6. The van der Waals surface area contributed by atoms with Gasteiger partial charge in [0.1, 0.15) is 11.4 Å². The molecule has 0 N–H and O–H groups in total. The Balaban J connectivity index is 2.05. The Kier molecular flexibility index (Phi) is 5.99. The van der Waals surface area contributed by atoms with Crippen LogP contribution in [-0.2, 0) is 4.74 Å². The third-order valence-electron chi connectivity index (χ3n) is 3.91. The first-order chi connectivity index (χ1) is 11.5. The van der Waals surface area contributed by atoms with Gasteiger partial charge in [0, 0.05) is 30.2 Å². The van der Waals surface area contributed by atoms with E-state index >= 15 is 0 Å². The molecule has 1 aromatic carbocycles. The largest absolute Gasteiger partial charge is 0.444 e. The number of carbonyl (C=O) groups excluding carboxylic acids is 2. The summed E-state index contributed by atoms with van der Waals surface area (Å²) >= 11 is 8.91. The minimum absolute atomic E-state index is 0.0591. The lowest BCUT2D eigenvalue weighted by Crippen LogP contribution is -2.41. The molecule has 0 spiro atoms. The monoisotopic (exact) mass is 434 g/mol. The number of nitrogens with zero attached hydrogens (tertiary/aromatic N) is 2. The van der Waals surface area contributed by atoms with Crippen LogP contribution >= 0.6 is 27.5 Å². The van der Waals surface area contributed by atoms with Crippen LogP contribution < -0.4 is 0 Å². The molecule has 5 nitrogen and oxygen atoms in total. The van der Waals surface area contributed by atoms with Gasteiger partial charge in [-0.3, -0.25) is 4.79 Å². The van der Waals surface area contributed by atoms with Crippen LogP contribution in [-0.4, -0.2) is 53.6 Å². The van der Waals surface area contributed by atoms with Crippen molar-refractivity contribution in [1.82, 2.24) is 9.80 Å². The van der Waals surface area contributed by atoms with Gasteiger partial charge in [-0.2, -0.15) is 0 Å². The van der Waals surface area contributed by atoms with Crippen LogP contribution in [0.5, 0.6) is 0 Å². The summed E-state index contributed by atoms with van der Waals surface area (Å²) in [7, 11) is 1.64. The smallest absolute Gasteiger partial charge is 0.410 e. The Morgan fingerprint density at radius 1 is 1.40 bits per heavy atom. The molecule has 1 saturated heterocycles. The maximum atomic E-state index is 13.8. The quantitative estimate of drug-likeness (QED) is 0.650. The van der Waals surface area contributed by atoms with E-state index < -0.39 is 17.5 Å². The number of halogens is 3. The van der Waals surface area contributed by atoms with E-state index in [1.807, 2.05) is 0 Å². The number of rotatable bonds is 2. The molecule has 1 heterocycles. The van der Waals surface area contributed by atoms with Crippen molar-refractivity contribution >= 4 is 39.5 Å². The number of carbonyl (C=O) groups is 2. The fourth-order valence-electron chi connectivity index (χ4n) is 2.60. The molecular weight excluding hydrogens is 415 g/mol. The molecule has 1 atom stereocenters. The number of amides is 2. The Labute approximate surface area is 160 Å². The van der Waals surface area contributed by atoms with Gasteiger partial charge in [0.15, 0.2) is 0 Å². The summed E-state index contributed by atoms with van der Waals surface area (Å²) in [5.74, 6) is -0.984. The summed E-state index contributed by atoms with van der Waals surface area (Å²) in [4.78, 5) is 27.8. The lowest BCUT2D eigenvalue weighted by molar-refractivity contribution is 0.0279. The van der Waals surface area contributed by atoms with Gasteiger partial charge in [-0.05, 0) is 55.3 Å². The fourth-order valence-corrected chi connectivity index (χ4v) is 3.14. The van der Waals surface area contributed by atoms with E-state index in [-0.39, 0.29) is 22.5 Å². The van der Waals surface area contributed by atoms with Crippen molar-refractivity contribution in [3.05, 3.63) is 33.0 Å². The molecule has 0 bridgehead atoms. The predicted octanol–water partition coefficient (Wildman–Crippen LogP) is 4.32. The molecule has 1 fully saturated rings. The number of likely N-dealkylation sites (tertiary alicyclic amines) is 1. The Bertz CT molecular complexity index is 670. The molecule has 1 aromatic rings. The van der Waals surface area contributed by atoms with Crippen molar-refractivity contribution in [2.75, 3.05) is 20.1 Å². The van der Waals surface area contributed by atoms with Gasteiger partial charge >= 0.3 is 6.09 Å². The maximum Gasteiger partial charge on any atom is 0.410 e. The zero-order valence-corrected chi connectivity index (χ0v) is 16.9. The first-order valence-electron chi connectivity index (χ1n) is 7.89. The molecule has 0 aliphatic carbocycles. The highest BCUT2D eigenvalue weighted by Crippen LogP contribution is 2.28. The van der Waals surface area contributed by atoms with Crippen LogP contribution in [0.25, 0.3) is 0 Å². The van der Waals surface area contributed by atoms with E-state index in [2.05, 4.69) is 15.9 Å². The molecular formula is C17H21BrClFN2O3. The minimum Gasteiger partial charge on any atom is -0.444 e. The van der Waals surface area contributed by atoms with Crippen molar-refractivity contribution in [2.45, 2.75) is 38.8 Å². The molecule has 0 unspecified atom stereocenters. The lowest BCUT2D eigenvalue weighted by Gasteiger charge is -2.27.